The summed E-state index contributed by atoms with van der Waals surface area (Å²) in [6, 6.07) is 0. The maximum atomic E-state index is 5.15. The highest BCUT2D eigenvalue weighted by atomic mass is 32.1. The Balaban J connectivity index is 2.14. The molecule has 0 aromatic rings. The third-order valence-corrected chi connectivity index (χ3v) is 2.53. The second-order valence-corrected chi connectivity index (χ2v) is 4.07. The summed E-state index contributed by atoms with van der Waals surface area (Å²) < 4.78 is 0. The Morgan fingerprint density at radius 1 is 1.29 bits per heavy atom. The Kier molecular flexibility index (Phi) is 5.14. The molecule has 1 rings (SSSR count). The smallest absolute Gasteiger partial charge is 0.181 e. The first-order valence-electron chi connectivity index (χ1n) is 5.20. The summed E-state index contributed by atoms with van der Waals surface area (Å²) in [6.07, 6.45) is 1.10. The number of piperazine rings is 1. The fourth-order valence-electron chi connectivity index (χ4n) is 1.34. The summed E-state index contributed by atoms with van der Waals surface area (Å²) in [7, 11) is 2.14. The second-order valence-electron chi connectivity index (χ2n) is 3.66. The highest BCUT2D eigenvalue weighted by Crippen LogP contribution is 1.94. The third-order valence-electron chi connectivity index (χ3n) is 2.30. The van der Waals surface area contributed by atoms with Crippen LogP contribution in [0.25, 0.3) is 0 Å². The lowest BCUT2D eigenvalue weighted by Gasteiger charge is -2.33. The fraction of sp³-hybridized carbons (Fsp3) is 0.889. The van der Waals surface area contributed by atoms with Gasteiger partial charge in [0.1, 0.15) is 0 Å². The van der Waals surface area contributed by atoms with E-state index in [1.807, 2.05) is 0 Å². The molecule has 5 heteroatoms. The van der Waals surface area contributed by atoms with Gasteiger partial charge in [0.25, 0.3) is 0 Å². The number of nitrogens with one attached hydrogen (secondary N) is 2. The molecule has 1 saturated heterocycles. The lowest BCUT2D eigenvalue weighted by molar-refractivity contribution is 0.130. The number of likely N-dealkylation sites (N-methyl/N-ethyl adjacent to an activating group) is 1. The molecule has 4 nitrogen and oxygen atoms in total. The molecule has 82 valence electrons. The summed E-state index contributed by atoms with van der Waals surface area (Å²) in [4.78, 5) is 2.32. The minimum atomic E-state index is 0.747. The molecule has 0 bridgehead atoms. The van der Waals surface area contributed by atoms with Crippen molar-refractivity contribution in [2.75, 3.05) is 39.8 Å². The minimum Gasteiger partial charge on any atom is -0.362 e. The Morgan fingerprint density at radius 3 is 2.50 bits per heavy atom. The van der Waals surface area contributed by atoms with Gasteiger partial charge in [-0.05, 0) is 25.7 Å². The molecule has 1 aliphatic rings. The monoisotopic (exact) mass is 216 g/mol. The van der Waals surface area contributed by atoms with Gasteiger partial charge in [0.05, 0.1) is 0 Å². The zero-order valence-corrected chi connectivity index (χ0v) is 9.86. The van der Waals surface area contributed by atoms with Gasteiger partial charge in [-0.25, -0.2) is 5.01 Å². The van der Waals surface area contributed by atoms with Gasteiger partial charge in [0, 0.05) is 32.7 Å². The van der Waals surface area contributed by atoms with Crippen LogP contribution in [-0.2, 0) is 0 Å². The van der Waals surface area contributed by atoms with Gasteiger partial charge < -0.3 is 10.2 Å². The van der Waals surface area contributed by atoms with E-state index >= 15 is 0 Å². The highest BCUT2D eigenvalue weighted by Gasteiger charge is 2.13. The number of nitrogens with zero attached hydrogens (tertiary/aromatic N) is 2. The number of hydrogen-bond donors (Lipinski definition) is 2. The lowest BCUT2D eigenvalue weighted by atomic mass is 10.4. The lowest BCUT2D eigenvalue weighted by Crippen LogP contribution is -2.54. The molecule has 0 atom stereocenters. The maximum Gasteiger partial charge on any atom is 0.181 e. The van der Waals surface area contributed by atoms with E-state index in [1.165, 1.54) is 0 Å². The van der Waals surface area contributed by atoms with Gasteiger partial charge in [-0.1, -0.05) is 6.92 Å². The van der Waals surface area contributed by atoms with Gasteiger partial charge in [0.2, 0.25) is 0 Å². The molecular weight excluding hydrogens is 196 g/mol. The summed E-state index contributed by atoms with van der Waals surface area (Å²) in [6.45, 7) is 7.34. The van der Waals surface area contributed by atoms with E-state index in [2.05, 4.69) is 34.6 Å². The molecule has 2 N–H and O–H groups in total. The van der Waals surface area contributed by atoms with E-state index in [4.69, 9.17) is 12.2 Å². The van der Waals surface area contributed by atoms with Gasteiger partial charge in [0.15, 0.2) is 5.11 Å². The highest BCUT2D eigenvalue weighted by molar-refractivity contribution is 7.80. The van der Waals surface area contributed by atoms with Gasteiger partial charge >= 0.3 is 0 Å². The molecule has 0 spiro atoms. The Hall–Kier alpha value is -0.390. The van der Waals surface area contributed by atoms with E-state index in [0.717, 1.165) is 44.3 Å². The maximum absolute atomic E-state index is 5.15. The predicted molar refractivity (Wildman–Crippen MR) is 63.1 cm³/mol. The molecule has 0 aliphatic carbocycles. The standard InChI is InChI=1S/C9H20N4S/c1-3-4-10-9(14)11-13-7-5-12(2)6-8-13/h3-8H2,1-2H3,(H2,10,11,14). The summed E-state index contributed by atoms with van der Waals surface area (Å²) in [5.74, 6) is 0. The van der Waals surface area contributed by atoms with Crippen LogP contribution in [-0.4, -0.2) is 54.8 Å². The third kappa shape index (κ3) is 4.21. The minimum absolute atomic E-state index is 0.747. The van der Waals surface area contributed by atoms with Crippen molar-refractivity contribution < 1.29 is 0 Å². The Labute approximate surface area is 91.6 Å². The van der Waals surface area contributed by atoms with Crippen LogP contribution < -0.4 is 10.7 Å². The molecule has 14 heavy (non-hydrogen) atoms. The van der Waals surface area contributed by atoms with Crippen molar-refractivity contribution in [1.82, 2.24) is 20.7 Å². The van der Waals surface area contributed by atoms with Crippen LogP contribution >= 0.6 is 12.2 Å². The molecule has 0 aromatic heterocycles. The van der Waals surface area contributed by atoms with E-state index in [9.17, 15) is 0 Å². The SMILES string of the molecule is CCCNC(=S)NN1CCN(C)CC1. The normalized spacial score (nSPS) is 19.3. The summed E-state index contributed by atoms with van der Waals surface area (Å²) in [5.41, 5.74) is 3.20. The number of thiocarbonyl (C=S) groups is 1. The van der Waals surface area contributed by atoms with Crippen LogP contribution in [0.4, 0.5) is 0 Å². The van der Waals surface area contributed by atoms with Gasteiger partial charge in [-0.15, -0.1) is 0 Å². The van der Waals surface area contributed by atoms with E-state index in [1.54, 1.807) is 0 Å². The van der Waals surface area contributed by atoms with E-state index in [-0.39, 0.29) is 0 Å². The molecule has 0 radical (unpaired) electrons. The van der Waals surface area contributed by atoms with Crippen LogP contribution in [0, 0.1) is 0 Å². The van der Waals surface area contributed by atoms with Gasteiger partial charge in [-0.2, -0.15) is 0 Å². The zero-order chi connectivity index (χ0) is 10.4. The van der Waals surface area contributed by atoms with E-state index in [0.29, 0.717) is 0 Å². The summed E-state index contributed by atoms with van der Waals surface area (Å²) >= 11 is 5.15. The predicted octanol–water partition coefficient (Wildman–Crippen LogP) is 0.0229. The molecular formula is C9H20N4S. The molecule has 0 unspecified atom stereocenters. The molecule has 0 saturated carbocycles. The molecule has 0 amide bonds. The van der Waals surface area contributed by atoms with Gasteiger partial charge in [-0.3, -0.25) is 5.43 Å². The molecule has 1 fully saturated rings. The Morgan fingerprint density at radius 2 is 1.93 bits per heavy atom. The quantitative estimate of drug-likeness (QED) is 0.650. The second kappa shape index (κ2) is 6.16. The first kappa shape index (κ1) is 11.7. The molecule has 0 aromatic carbocycles. The van der Waals surface area contributed by atoms with Crippen LogP contribution in [0.2, 0.25) is 0 Å². The average molecular weight is 216 g/mol. The molecule has 1 aliphatic heterocycles. The van der Waals surface area contributed by atoms with Crippen molar-refractivity contribution in [2.24, 2.45) is 0 Å². The van der Waals surface area contributed by atoms with E-state index < -0.39 is 0 Å². The van der Waals surface area contributed by atoms with Crippen molar-refractivity contribution in [3.05, 3.63) is 0 Å². The first-order valence-corrected chi connectivity index (χ1v) is 5.61. The van der Waals surface area contributed by atoms with Crippen molar-refractivity contribution in [2.45, 2.75) is 13.3 Å². The van der Waals surface area contributed by atoms with Crippen molar-refractivity contribution in [3.8, 4) is 0 Å². The zero-order valence-electron chi connectivity index (χ0n) is 9.05. The van der Waals surface area contributed by atoms with Crippen molar-refractivity contribution in [3.63, 3.8) is 0 Å². The van der Waals surface area contributed by atoms with Crippen LogP contribution in [0.1, 0.15) is 13.3 Å². The largest absolute Gasteiger partial charge is 0.362 e. The number of hydrazine groups is 1. The van der Waals surface area contributed by atoms with Crippen molar-refractivity contribution >= 4 is 17.3 Å². The van der Waals surface area contributed by atoms with Crippen LogP contribution in [0.3, 0.4) is 0 Å². The Bertz CT molecular complexity index is 178. The average Bonchev–Trinajstić information content (AvgIpc) is 2.18. The van der Waals surface area contributed by atoms with Crippen LogP contribution in [0.5, 0.6) is 0 Å². The molecule has 1 heterocycles. The number of rotatable bonds is 3. The first-order chi connectivity index (χ1) is 6.72. The van der Waals surface area contributed by atoms with Crippen molar-refractivity contribution in [1.29, 1.82) is 0 Å². The summed E-state index contributed by atoms with van der Waals surface area (Å²) in [5, 5.41) is 6.07. The topological polar surface area (TPSA) is 30.5 Å². The van der Waals surface area contributed by atoms with Crippen LogP contribution in [0.15, 0.2) is 0 Å². The fourth-order valence-corrected chi connectivity index (χ4v) is 1.57. The number of hydrogen-bond acceptors (Lipinski definition) is 3.